The quantitative estimate of drug-likeness (QED) is 0.562. The van der Waals surface area contributed by atoms with Crippen molar-refractivity contribution < 1.29 is 5.11 Å². The summed E-state index contributed by atoms with van der Waals surface area (Å²) in [7, 11) is 0. The molecule has 0 aliphatic heterocycles. The smallest absolute Gasteiger partial charge is 0.115 e. The number of phenolic OH excluding ortho intramolecular Hbond substituents is 1. The molecule has 0 amide bonds. The Morgan fingerprint density at radius 3 is 2.33 bits per heavy atom. The third-order valence-electron chi connectivity index (χ3n) is 1.00. The summed E-state index contributed by atoms with van der Waals surface area (Å²) >= 11 is 0. The fourth-order valence-corrected chi connectivity index (χ4v) is 0.628. The highest BCUT2D eigenvalue weighted by atomic mass is 16.3. The lowest BCUT2D eigenvalue weighted by atomic mass is 10.2. The summed E-state index contributed by atoms with van der Waals surface area (Å²) in [6.45, 7) is 1.94. The molecule has 0 aliphatic rings. The highest BCUT2D eigenvalue weighted by Crippen LogP contribution is 2.08. The summed E-state index contributed by atoms with van der Waals surface area (Å²) in [6, 6.07) is 7.15. The molecule has 0 saturated heterocycles. The van der Waals surface area contributed by atoms with E-state index in [4.69, 9.17) is 5.11 Å². The van der Waals surface area contributed by atoms with E-state index in [0.717, 1.165) is 5.56 Å². The highest BCUT2D eigenvalue weighted by molar-refractivity contribution is 5.25. The van der Waals surface area contributed by atoms with E-state index in [1.807, 2.05) is 19.1 Å². The third-order valence-corrected chi connectivity index (χ3v) is 1.00. The van der Waals surface area contributed by atoms with E-state index in [1.165, 1.54) is 0 Å². The Balaban J connectivity index is 0.000000640. The summed E-state index contributed by atoms with van der Waals surface area (Å²) in [5.74, 6) is 0.338. The largest absolute Gasteiger partial charge is 0.508 e. The summed E-state index contributed by atoms with van der Waals surface area (Å²) in [4.78, 5) is 0. The summed E-state index contributed by atoms with van der Waals surface area (Å²) in [6.07, 6.45) is 0. The maximum absolute atomic E-state index is 8.81. The van der Waals surface area contributed by atoms with Crippen LogP contribution >= 0.6 is 0 Å². The van der Waals surface area contributed by atoms with E-state index in [2.05, 4.69) is 0 Å². The maximum atomic E-state index is 8.81. The van der Waals surface area contributed by atoms with E-state index in [0.29, 0.717) is 5.75 Å². The topological polar surface area (TPSA) is 20.2 Å². The van der Waals surface area contributed by atoms with E-state index in [1.54, 1.807) is 12.1 Å². The van der Waals surface area contributed by atoms with Crippen molar-refractivity contribution in [2.75, 3.05) is 0 Å². The molecule has 1 heteroatoms. The van der Waals surface area contributed by atoms with Crippen LogP contribution in [0, 0.1) is 6.92 Å². The average molecular weight is 124 g/mol. The van der Waals surface area contributed by atoms with Gasteiger partial charge in [0, 0.05) is 0 Å². The van der Waals surface area contributed by atoms with Crippen molar-refractivity contribution in [3.05, 3.63) is 29.8 Å². The fourth-order valence-electron chi connectivity index (χ4n) is 0.628. The first-order chi connectivity index (χ1) is 3.79. The van der Waals surface area contributed by atoms with Crippen LogP contribution in [0.15, 0.2) is 24.3 Å². The SMILES string of the molecule is C.Cc1cccc(O)c1. The molecule has 0 fully saturated rings. The number of phenols is 1. The van der Waals surface area contributed by atoms with E-state index in [9.17, 15) is 0 Å². The van der Waals surface area contributed by atoms with Crippen LogP contribution in [0.3, 0.4) is 0 Å². The molecule has 0 aromatic heterocycles. The molecule has 0 aliphatic carbocycles. The second-order valence-corrected chi connectivity index (χ2v) is 1.84. The number of rotatable bonds is 0. The second kappa shape index (κ2) is 3.13. The van der Waals surface area contributed by atoms with Crippen LogP contribution in [0.1, 0.15) is 13.0 Å². The summed E-state index contributed by atoms with van der Waals surface area (Å²) in [5.41, 5.74) is 1.09. The van der Waals surface area contributed by atoms with Crippen LogP contribution in [0.2, 0.25) is 0 Å². The number of benzene rings is 1. The molecule has 1 N–H and O–H groups in total. The average Bonchev–Trinajstić information content (AvgIpc) is 1.64. The van der Waals surface area contributed by atoms with Gasteiger partial charge in [0.2, 0.25) is 0 Å². The van der Waals surface area contributed by atoms with Crippen molar-refractivity contribution in [1.29, 1.82) is 0 Å². The normalized spacial score (nSPS) is 8.11. The van der Waals surface area contributed by atoms with Gasteiger partial charge in [0.25, 0.3) is 0 Å². The first-order valence-electron chi connectivity index (χ1n) is 2.54. The van der Waals surface area contributed by atoms with Gasteiger partial charge in [-0.3, -0.25) is 0 Å². The molecule has 50 valence electrons. The van der Waals surface area contributed by atoms with Crippen LogP contribution in [0.4, 0.5) is 0 Å². The molecular formula is C8H12O. The van der Waals surface area contributed by atoms with Gasteiger partial charge in [-0.05, 0) is 24.6 Å². The Morgan fingerprint density at radius 2 is 2.00 bits per heavy atom. The molecular weight excluding hydrogens is 112 g/mol. The minimum Gasteiger partial charge on any atom is -0.508 e. The van der Waals surface area contributed by atoms with Crippen LogP contribution in [0.5, 0.6) is 5.75 Å². The Morgan fingerprint density at radius 1 is 1.33 bits per heavy atom. The zero-order valence-electron chi connectivity index (χ0n) is 4.76. The van der Waals surface area contributed by atoms with Gasteiger partial charge in [-0.15, -0.1) is 0 Å². The Kier molecular flexibility index (Phi) is 2.79. The molecule has 0 spiro atoms. The van der Waals surface area contributed by atoms with E-state index >= 15 is 0 Å². The molecule has 0 heterocycles. The van der Waals surface area contributed by atoms with Gasteiger partial charge in [0.05, 0.1) is 0 Å². The van der Waals surface area contributed by atoms with Crippen LogP contribution in [-0.4, -0.2) is 5.11 Å². The maximum Gasteiger partial charge on any atom is 0.115 e. The van der Waals surface area contributed by atoms with Gasteiger partial charge in [-0.25, -0.2) is 0 Å². The molecule has 0 unspecified atom stereocenters. The first kappa shape index (κ1) is 8.02. The van der Waals surface area contributed by atoms with Crippen molar-refractivity contribution in [2.24, 2.45) is 0 Å². The van der Waals surface area contributed by atoms with Gasteiger partial charge in [-0.2, -0.15) is 0 Å². The Bertz CT molecular complexity index is 164. The molecule has 1 aromatic carbocycles. The summed E-state index contributed by atoms with van der Waals surface area (Å²) < 4.78 is 0. The van der Waals surface area contributed by atoms with Gasteiger partial charge in [0.15, 0.2) is 0 Å². The standard InChI is InChI=1S/C7H8O.CH4/c1-6-3-2-4-7(8)5-6;/h2-5,8H,1H3;1H4. The van der Waals surface area contributed by atoms with Crippen molar-refractivity contribution >= 4 is 0 Å². The van der Waals surface area contributed by atoms with E-state index < -0.39 is 0 Å². The number of hydrogen-bond acceptors (Lipinski definition) is 1. The molecule has 0 bridgehead atoms. The number of aryl methyl sites for hydroxylation is 1. The summed E-state index contributed by atoms with van der Waals surface area (Å²) in [5, 5.41) is 8.81. The number of hydrogen-bond donors (Lipinski definition) is 1. The zero-order valence-corrected chi connectivity index (χ0v) is 4.76. The molecule has 0 radical (unpaired) electrons. The minimum atomic E-state index is 0. The van der Waals surface area contributed by atoms with Gasteiger partial charge < -0.3 is 5.11 Å². The lowest BCUT2D eigenvalue weighted by Crippen LogP contribution is -1.66. The van der Waals surface area contributed by atoms with Gasteiger partial charge in [0.1, 0.15) is 5.75 Å². The Labute approximate surface area is 56.0 Å². The monoisotopic (exact) mass is 124 g/mol. The lowest BCUT2D eigenvalue weighted by Gasteiger charge is -1.89. The van der Waals surface area contributed by atoms with Crippen LogP contribution in [-0.2, 0) is 0 Å². The molecule has 1 nitrogen and oxygen atoms in total. The first-order valence-corrected chi connectivity index (χ1v) is 2.54. The lowest BCUT2D eigenvalue weighted by molar-refractivity contribution is 0.475. The molecule has 0 atom stereocenters. The predicted molar refractivity (Wildman–Crippen MR) is 39.6 cm³/mol. The minimum absolute atomic E-state index is 0. The second-order valence-electron chi connectivity index (χ2n) is 1.84. The van der Waals surface area contributed by atoms with Crippen molar-refractivity contribution in [3.8, 4) is 5.75 Å². The molecule has 1 aromatic rings. The highest BCUT2D eigenvalue weighted by Gasteiger charge is 1.83. The zero-order chi connectivity index (χ0) is 5.98. The molecule has 9 heavy (non-hydrogen) atoms. The molecule has 0 saturated carbocycles. The van der Waals surface area contributed by atoms with Gasteiger partial charge in [-0.1, -0.05) is 19.6 Å². The molecule has 1 rings (SSSR count). The Hall–Kier alpha value is -0.980. The third kappa shape index (κ3) is 2.17. The van der Waals surface area contributed by atoms with Crippen molar-refractivity contribution in [2.45, 2.75) is 14.4 Å². The van der Waals surface area contributed by atoms with E-state index in [-0.39, 0.29) is 7.43 Å². The van der Waals surface area contributed by atoms with Crippen molar-refractivity contribution in [3.63, 3.8) is 0 Å². The number of aromatic hydroxyl groups is 1. The van der Waals surface area contributed by atoms with Crippen molar-refractivity contribution in [1.82, 2.24) is 0 Å². The fraction of sp³-hybridized carbons (Fsp3) is 0.250. The predicted octanol–water partition coefficient (Wildman–Crippen LogP) is 2.34. The van der Waals surface area contributed by atoms with Gasteiger partial charge >= 0.3 is 0 Å². The van der Waals surface area contributed by atoms with Crippen LogP contribution < -0.4 is 0 Å². The van der Waals surface area contributed by atoms with Crippen LogP contribution in [0.25, 0.3) is 0 Å².